The highest BCUT2D eigenvalue weighted by Gasteiger charge is 2.31. The zero-order valence-electron chi connectivity index (χ0n) is 13.1. The molecule has 5 heteroatoms. The molecule has 2 aliphatic rings. The Balaban J connectivity index is 1.71. The number of nitrogens with zero attached hydrogens (tertiary/aromatic N) is 1. The van der Waals surface area contributed by atoms with E-state index in [-0.39, 0.29) is 17.9 Å². The van der Waals surface area contributed by atoms with Gasteiger partial charge in [-0.15, -0.1) is 0 Å². The first-order valence-electron chi connectivity index (χ1n) is 8.40. The number of amides is 1. The van der Waals surface area contributed by atoms with Crippen molar-refractivity contribution in [3.05, 3.63) is 0 Å². The van der Waals surface area contributed by atoms with Gasteiger partial charge in [-0.3, -0.25) is 14.5 Å². The number of nitrogens with one attached hydrogen (secondary N) is 1. The summed E-state index contributed by atoms with van der Waals surface area (Å²) in [6, 6.07) is 0.220. The van der Waals surface area contributed by atoms with Gasteiger partial charge in [0.05, 0.1) is 6.61 Å². The predicted octanol–water partition coefficient (Wildman–Crippen LogP) is 1.85. The third-order valence-electron chi connectivity index (χ3n) is 4.52. The van der Waals surface area contributed by atoms with E-state index in [4.69, 9.17) is 4.74 Å². The van der Waals surface area contributed by atoms with E-state index >= 15 is 0 Å². The maximum absolute atomic E-state index is 12.0. The van der Waals surface area contributed by atoms with Crippen LogP contribution in [0.5, 0.6) is 0 Å². The number of rotatable bonds is 6. The van der Waals surface area contributed by atoms with Gasteiger partial charge in [-0.1, -0.05) is 19.3 Å². The van der Waals surface area contributed by atoms with Gasteiger partial charge >= 0.3 is 5.97 Å². The first-order valence-corrected chi connectivity index (χ1v) is 8.40. The number of hydrogen-bond donors (Lipinski definition) is 1. The van der Waals surface area contributed by atoms with Crippen LogP contribution in [0.1, 0.15) is 58.3 Å². The van der Waals surface area contributed by atoms with Crippen LogP contribution in [0, 0.1) is 0 Å². The normalized spacial score (nSPS) is 24.0. The van der Waals surface area contributed by atoms with Crippen LogP contribution in [0.15, 0.2) is 0 Å². The van der Waals surface area contributed by atoms with E-state index in [0.717, 1.165) is 32.2 Å². The summed E-state index contributed by atoms with van der Waals surface area (Å²) in [5, 5.41) is 3.13. The van der Waals surface area contributed by atoms with Gasteiger partial charge in [0.2, 0.25) is 5.91 Å². The van der Waals surface area contributed by atoms with Crippen molar-refractivity contribution in [1.29, 1.82) is 0 Å². The maximum atomic E-state index is 12.0. The second-order valence-electron chi connectivity index (χ2n) is 6.10. The molecule has 1 heterocycles. The maximum Gasteiger partial charge on any atom is 0.323 e. The quantitative estimate of drug-likeness (QED) is 0.760. The van der Waals surface area contributed by atoms with Gasteiger partial charge in [-0.25, -0.2) is 0 Å². The fraction of sp³-hybridized carbons (Fsp3) is 0.875. The van der Waals surface area contributed by atoms with Crippen LogP contribution in [0.3, 0.4) is 0 Å². The van der Waals surface area contributed by atoms with E-state index in [2.05, 4.69) is 10.2 Å². The molecule has 0 radical (unpaired) electrons. The molecule has 1 unspecified atom stereocenters. The Morgan fingerprint density at radius 1 is 1.14 bits per heavy atom. The van der Waals surface area contributed by atoms with Crippen molar-refractivity contribution >= 4 is 11.9 Å². The predicted molar refractivity (Wildman–Crippen MR) is 80.9 cm³/mol. The molecule has 120 valence electrons. The van der Waals surface area contributed by atoms with E-state index in [1.165, 1.54) is 19.3 Å². The summed E-state index contributed by atoms with van der Waals surface area (Å²) < 4.78 is 5.10. The molecule has 21 heavy (non-hydrogen) atoms. The molecule has 1 amide bonds. The molecule has 1 aliphatic carbocycles. The van der Waals surface area contributed by atoms with E-state index in [0.29, 0.717) is 25.6 Å². The second-order valence-corrected chi connectivity index (χ2v) is 6.10. The van der Waals surface area contributed by atoms with Crippen molar-refractivity contribution in [2.45, 2.75) is 70.4 Å². The highest BCUT2D eigenvalue weighted by Crippen LogP contribution is 2.19. The van der Waals surface area contributed by atoms with Gasteiger partial charge in [0.25, 0.3) is 0 Å². The fourth-order valence-corrected chi connectivity index (χ4v) is 3.39. The van der Waals surface area contributed by atoms with Crippen molar-refractivity contribution in [2.75, 3.05) is 19.7 Å². The minimum atomic E-state index is -0.146. The van der Waals surface area contributed by atoms with Crippen LogP contribution in [0.4, 0.5) is 0 Å². The van der Waals surface area contributed by atoms with Gasteiger partial charge < -0.3 is 10.1 Å². The summed E-state index contributed by atoms with van der Waals surface area (Å²) in [4.78, 5) is 26.0. The Hall–Kier alpha value is -1.10. The molecule has 1 atom stereocenters. The van der Waals surface area contributed by atoms with E-state index < -0.39 is 0 Å². The first-order chi connectivity index (χ1) is 10.2. The van der Waals surface area contributed by atoms with Crippen LogP contribution >= 0.6 is 0 Å². The van der Waals surface area contributed by atoms with Crippen molar-refractivity contribution < 1.29 is 14.3 Å². The van der Waals surface area contributed by atoms with Gasteiger partial charge in [0.1, 0.15) is 6.04 Å². The third-order valence-corrected chi connectivity index (χ3v) is 4.52. The highest BCUT2D eigenvalue weighted by atomic mass is 16.5. The Labute approximate surface area is 127 Å². The van der Waals surface area contributed by atoms with Crippen molar-refractivity contribution in [1.82, 2.24) is 10.2 Å². The minimum absolute atomic E-state index is 0.122. The van der Waals surface area contributed by atoms with E-state index in [9.17, 15) is 9.59 Å². The Kier molecular flexibility index (Phi) is 6.49. The van der Waals surface area contributed by atoms with Crippen LogP contribution < -0.4 is 5.32 Å². The fourth-order valence-electron chi connectivity index (χ4n) is 3.39. The molecule has 0 aromatic rings. The van der Waals surface area contributed by atoms with Crippen LogP contribution in [-0.4, -0.2) is 48.6 Å². The molecule has 1 saturated heterocycles. The summed E-state index contributed by atoms with van der Waals surface area (Å²) in [5.41, 5.74) is 0. The molecular formula is C16H28N2O3. The average molecular weight is 296 g/mol. The van der Waals surface area contributed by atoms with Crippen molar-refractivity contribution in [2.24, 2.45) is 0 Å². The number of likely N-dealkylation sites (tertiary alicyclic amines) is 1. The molecule has 2 fully saturated rings. The zero-order chi connectivity index (χ0) is 15.1. The summed E-state index contributed by atoms with van der Waals surface area (Å²) >= 11 is 0. The van der Waals surface area contributed by atoms with Gasteiger partial charge in [0.15, 0.2) is 0 Å². The first kappa shape index (κ1) is 16.3. The SMILES string of the molecule is CCOC(=O)C1CCCN1CCC(=O)NC1CCCCC1. The topological polar surface area (TPSA) is 58.6 Å². The Morgan fingerprint density at radius 2 is 1.90 bits per heavy atom. The smallest absolute Gasteiger partial charge is 0.323 e. The molecule has 1 saturated carbocycles. The molecule has 0 aromatic heterocycles. The Bertz CT molecular complexity index is 353. The monoisotopic (exact) mass is 296 g/mol. The van der Waals surface area contributed by atoms with Crippen LogP contribution in [0.25, 0.3) is 0 Å². The van der Waals surface area contributed by atoms with Gasteiger partial charge in [0, 0.05) is 19.0 Å². The average Bonchev–Trinajstić information content (AvgIpc) is 2.95. The summed E-state index contributed by atoms with van der Waals surface area (Å²) in [7, 11) is 0. The summed E-state index contributed by atoms with van der Waals surface area (Å²) in [6.07, 6.45) is 8.30. The molecule has 1 N–H and O–H groups in total. The number of hydrogen-bond acceptors (Lipinski definition) is 4. The lowest BCUT2D eigenvalue weighted by Gasteiger charge is -2.25. The number of ether oxygens (including phenoxy) is 1. The summed E-state index contributed by atoms with van der Waals surface area (Å²) in [6.45, 7) is 3.79. The van der Waals surface area contributed by atoms with Crippen LogP contribution in [-0.2, 0) is 14.3 Å². The largest absolute Gasteiger partial charge is 0.465 e. The number of carbonyl (C=O) groups excluding carboxylic acids is 2. The second kappa shape index (κ2) is 8.37. The molecule has 0 bridgehead atoms. The van der Waals surface area contributed by atoms with Crippen LogP contribution in [0.2, 0.25) is 0 Å². The lowest BCUT2D eigenvalue weighted by atomic mass is 9.95. The van der Waals surface area contributed by atoms with Crippen molar-refractivity contribution in [3.8, 4) is 0 Å². The van der Waals surface area contributed by atoms with Crippen molar-refractivity contribution in [3.63, 3.8) is 0 Å². The summed E-state index contributed by atoms with van der Waals surface area (Å²) in [5.74, 6) is -0.0147. The van der Waals surface area contributed by atoms with E-state index in [1.807, 2.05) is 6.92 Å². The molecule has 0 spiro atoms. The molecule has 0 aromatic carbocycles. The number of esters is 1. The lowest BCUT2D eigenvalue weighted by Crippen LogP contribution is -2.41. The molecule has 1 aliphatic heterocycles. The standard InChI is InChI=1S/C16H28N2O3/c1-2-21-16(20)14-9-6-11-18(14)12-10-15(19)17-13-7-4-3-5-8-13/h13-14H,2-12H2,1H3,(H,17,19). The van der Waals surface area contributed by atoms with Gasteiger partial charge in [-0.05, 0) is 39.2 Å². The zero-order valence-corrected chi connectivity index (χ0v) is 13.1. The lowest BCUT2D eigenvalue weighted by molar-refractivity contribution is -0.148. The third kappa shape index (κ3) is 4.99. The van der Waals surface area contributed by atoms with Gasteiger partial charge in [-0.2, -0.15) is 0 Å². The number of carbonyl (C=O) groups is 2. The highest BCUT2D eigenvalue weighted by molar-refractivity contribution is 5.77. The minimum Gasteiger partial charge on any atom is -0.465 e. The Morgan fingerprint density at radius 3 is 2.62 bits per heavy atom. The molecule has 2 rings (SSSR count). The molecule has 5 nitrogen and oxygen atoms in total. The molecular weight excluding hydrogens is 268 g/mol. The van der Waals surface area contributed by atoms with E-state index in [1.54, 1.807) is 0 Å².